The SMILES string of the molecule is CC1=CC=C(OC(O)N2CCC(C3=CC=CCC3)C2)CC1. The van der Waals surface area contributed by atoms with E-state index in [1.54, 1.807) is 0 Å². The zero-order chi connectivity index (χ0) is 14.7. The first-order chi connectivity index (χ1) is 10.2. The second kappa shape index (κ2) is 6.63. The fourth-order valence-electron chi connectivity index (χ4n) is 3.28. The Balaban J connectivity index is 1.53. The van der Waals surface area contributed by atoms with Crippen molar-refractivity contribution in [3.8, 4) is 0 Å². The highest BCUT2D eigenvalue weighted by Crippen LogP contribution is 2.30. The van der Waals surface area contributed by atoms with Gasteiger partial charge in [0.15, 0.2) is 0 Å². The maximum atomic E-state index is 10.3. The number of ether oxygens (including phenoxy) is 1. The molecule has 0 aromatic heterocycles. The van der Waals surface area contributed by atoms with E-state index in [1.807, 2.05) is 6.08 Å². The van der Waals surface area contributed by atoms with Gasteiger partial charge in [0.05, 0.1) is 0 Å². The van der Waals surface area contributed by atoms with E-state index >= 15 is 0 Å². The quantitative estimate of drug-likeness (QED) is 0.803. The van der Waals surface area contributed by atoms with E-state index in [2.05, 4.69) is 36.1 Å². The average Bonchev–Trinajstić information content (AvgIpc) is 3.00. The maximum Gasteiger partial charge on any atom is 0.259 e. The summed E-state index contributed by atoms with van der Waals surface area (Å²) in [6.07, 6.45) is 15.3. The van der Waals surface area contributed by atoms with Crippen LogP contribution in [0.4, 0.5) is 0 Å². The zero-order valence-corrected chi connectivity index (χ0v) is 12.8. The molecule has 2 aliphatic carbocycles. The van der Waals surface area contributed by atoms with Gasteiger partial charge in [-0.15, -0.1) is 0 Å². The third-order valence-corrected chi connectivity index (χ3v) is 4.68. The van der Waals surface area contributed by atoms with Gasteiger partial charge < -0.3 is 9.84 Å². The molecule has 3 aliphatic rings. The van der Waals surface area contributed by atoms with Crippen LogP contribution in [0.1, 0.15) is 39.0 Å². The summed E-state index contributed by atoms with van der Waals surface area (Å²) < 4.78 is 5.72. The highest BCUT2D eigenvalue weighted by Gasteiger charge is 2.30. The Morgan fingerprint density at radius 1 is 1.24 bits per heavy atom. The van der Waals surface area contributed by atoms with Crippen LogP contribution in [-0.4, -0.2) is 29.5 Å². The molecule has 3 nitrogen and oxygen atoms in total. The molecule has 1 aliphatic heterocycles. The van der Waals surface area contributed by atoms with Crippen LogP contribution in [0.5, 0.6) is 0 Å². The summed E-state index contributed by atoms with van der Waals surface area (Å²) in [4.78, 5) is 2.05. The van der Waals surface area contributed by atoms with Crippen molar-refractivity contribution >= 4 is 0 Å². The highest BCUT2D eigenvalue weighted by atomic mass is 16.6. The lowest BCUT2D eigenvalue weighted by Gasteiger charge is -2.26. The molecule has 0 aromatic rings. The molecule has 0 bridgehead atoms. The molecule has 0 spiro atoms. The standard InChI is InChI=1S/C18H25NO2/c1-14-7-9-17(10-8-14)21-18(20)19-12-11-16(13-19)15-5-3-2-4-6-15/h2-3,5,7,9,16,18,20H,4,6,8,10-13H2,1H3. The molecular weight excluding hydrogens is 262 g/mol. The Hall–Kier alpha value is -1.32. The van der Waals surface area contributed by atoms with E-state index in [4.69, 9.17) is 4.74 Å². The minimum Gasteiger partial charge on any atom is -0.456 e. The molecular formula is C18H25NO2. The van der Waals surface area contributed by atoms with Gasteiger partial charge in [-0.05, 0) is 44.6 Å². The Bertz CT molecular complexity index is 501. The molecule has 3 heteroatoms. The second-order valence-electron chi connectivity index (χ2n) is 6.28. The Kier molecular flexibility index (Phi) is 4.61. The van der Waals surface area contributed by atoms with Crippen LogP contribution in [-0.2, 0) is 4.74 Å². The van der Waals surface area contributed by atoms with E-state index in [9.17, 15) is 5.11 Å². The van der Waals surface area contributed by atoms with Crippen LogP contribution in [0.2, 0.25) is 0 Å². The number of nitrogens with zero attached hydrogens (tertiary/aromatic N) is 1. The minimum atomic E-state index is -0.798. The molecule has 1 N–H and O–H groups in total. The third-order valence-electron chi connectivity index (χ3n) is 4.68. The smallest absolute Gasteiger partial charge is 0.259 e. The Morgan fingerprint density at radius 2 is 2.14 bits per heavy atom. The molecule has 1 fully saturated rings. The van der Waals surface area contributed by atoms with Crippen LogP contribution in [0, 0.1) is 5.92 Å². The van der Waals surface area contributed by atoms with Crippen LogP contribution >= 0.6 is 0 Å². The number of hydrogen-bond acceptors (Lipinski definition) is 3. The summed E-state index contributed by atoms with van der Waals surface area (Å²) in [6.45, 7) is 3.94. The Morgan fingerprint density at radius 3 is 2.86 bits per heavy atom. The summed E-state index contributed by atoms with van der Waals surface area (Å²) in [5.74, 6) is 1.48. The van der Waals surface area contributed by atoms with Crippen molar-refractivity contribution in [2.45, 2.75) is 45.4 Å². The number of hydrogen-bond donors (Lipinski definition) is 1. The number of likely N-dealkylation sites (tertiary alicyclic amines) is 1. The van der Waals surface area contributed by atoms with Gasteiger partial charge >= 0.3 is 0 Å². The van der Waals surface area contributed by atoms with Crippen molar-refractivity contribution in [2.24, 2.45) is 5.92 Å². The first kappa shape index (κ1) is 14.6. The Labute approximate surface area is 127 Å². The predicted octanol–water partition coefficient (Wildman–Crippen LogP) is 3.50. The summed E-state index contributed by atoms with van der Waals surface area (Å²) >= 11 is 0. The monoisotopic (exact) mass is 287 g/mol. The van der Waals surface area contributed by atoms with E-state index in [1.165, 1.54) is 17.6 Å². The molecule has 0 radical (unpaired) electrons. The van der Waals surface area contributed by atoms with Crippen molar-refractivity contribution < 1.29 is 9.84 Å². The summed E-state index contributed by atoms with van der Waals surface area (Å²) in [5, 5.41) is 10.3. The summed E-state index contributed by atoms with van der Waals surface area (Å²) in [7, 11) is 0. The van der Waals surface area contributed by atoms with E-state index < -0.39 is 6.41 Å². The topological polar surface area (TPSA) is 32.7 Å². The molecule has 21 heavy (non-hydrogen) atoms. The zero-order valence-electron chi connectivity index (χ0n) is 12.8. The average molecular weight is 287 g/mol. The van der Waals surface area contributed by atoms with Crippen molar-refractivity contribution in [2.75, 3.05) is 13.1 Å². The number of allylic oxidation sites excluding steroid dienone is 7. The van der Waals surface area contributed by atoms with Gasteiger partial charge in [0.25, 0.3) is 6.41 Å². The highest BCUT2D eigenvalue weighted by molar-refractivity contribution is 5.21. The molecule has 1 saturated heterocycles. The normalized spacial score (nSPS) is 27.9. The van der Waals surface area contributed by atoms with Gasteiger partial charge in [-0.2, -0.15) is 0 Å². The molecule has 0 saturated carbocycles. The second-order valence-corrected chi connectivity index (χ2v) is 6.28. The van der Waals surface area contributed by atoms with Crippen molar-refractivity contribution in [3.05, 3.63) is 47.3 Å². The molecule has 2 atom stereocenters. The molecule has 1 heterocycles. The molecule has 0 amide bonds. The number of aliphatic hydroxyl groups excluding tert-OH is 1. The van der Waals surface area contributed by atoms with E-state index in [-0.39, 0.29) is 0 Å². The fourth-order valence-corrected chi connectivity index (χ4v) is 3.28. The lowest BCUT2D eigenvalue weighted by Crippen LogP contribution is -2.35. The van der Waals surface area contributed by atoms with Gasteiger partial charge in [-0.25, -0.2) is 4.90 Å². The van der Waals surface area contributed by atoms with Gasteiger partial charge in [0, 0.05) is 19.5 Å². The molecule has 0 aromatic carbocycles. The fraction of sp³-hybridized carbons (Fsp3) is 0.556. The number of aliphatic hydroxyl groups is 1. The molecule has 114 valence electrons. The van der Waals surface area contributed by atoms with Crippen LogP contribution in [0.15, 0.2) is 47.3 Å². The van der Waals surface area contributed by atoms with E-state index in [0.717, 1.165) is 44.5 Å². The van der Waals surface area contributed by atoms with Crippen LogP contribution in [0.25, 0.3) is 0 Å². The lowest BCUT2D eigenvalue weighted by molar-refractivity contribution is -0.164. The third kappa shape index (κ3) is 3.66. The molecule has 2 unspecified atom stereocenters. The first-order valence-electron chi connectivity index (χ1n) is 8.03. The summed E-state index contributed by atoms with van der Waals surface area (Å²) in [6, 6.07) is 0. The predicted molar refractivity (Wildman–Crippen MR) is 84.3 cm³/mol. The minimum absolute atomic E-state index is 0.579. The van der Waals surface area contributed by atoms with Crippen LogP contribution in [0.3, 0.4) is 0 Å². The van der Waals surface area contributed by atoms with Crippen molar-refractivity contribution in [1.82, 2.24) is 4.90 Å². The lowest BCUT2D eigenvalue weighted by atomic mass is 9.91. The van der Waals surface area contributed by atoms with Crippen molar-refractivity contribution in [3.63, 3.8) is 0 Å². The summed E-state index contributed by atoms with van der Waals surface area (Å²) in [5.41, 5.74) is 2.90. The van der Waals surface area contributed by atoms with Crippen molar-refractivity contribution in [1.29, 1.82) is 0 Å². The van der Waals surface area contributed by atoms with Gasteiger partial charge in [-0.1, -0.05) is 35.5 Å². The van der Waals surface area contributed by atoms with Gasteiger partial charge in [0.1, 0.15) is 5.76 Å². The van der Waals surface area contributed by atoms with Gasteiger partial charge in [0.2, 0.25) is 0 Å². The first-order valence-corrected chi connectivity index (χ1v) is 8.03. The largest absolute Gasteiger partial charge is 0.456 e. The van der Waals surface area contributed by atoms with Gasteiger partial charge in [-0.3, -0.25) is 0 Å². The number of rotatable bonds is 4. The van der Waals surface area contributed by atoms with Crippen LogP contribution < -0.4 is 0 Å². The molecule has 3 rings (SSSR count). The van der Waals surface area contributed by atoms with E-state index in [0.29, 0.717) is 5.92 Å². The maximum absolute atomic E-state index is 10.3.